The molecular formula is C34H40N4O4. The van der Waals surface area contributed by atoms with Crippen molar-refractivity contribution >= 4 is 11.8 Å². The Morgan fingerprint density at radius 3 is 2.40 bits per heavy atom. The van der Waals surface area contributed by atoms with Gasteiger partial charge in [0, 0.05) is 43.4 Å². The molecule has 0 saturated carbocycles. The van der Waals surface area contributed by atoms with Crippen LogP contribution in [0, 0.1) is 0 Å². The molecule has 4 aromatic rings. The summed E-state index contributed by atoms with van der Waals surface area (Å²) in [6.45, 7) is 5.60. The fourth-order valence-corrected chi connectivity index (χ4v) is 4.90. The number of amides is 2. The van der Waals surface area contributed by atoms with E-state index in [1.807, 2.05) is 43.3 Å². The van der Waals surface area contributed by atoms with Gasteiger partial charge in [0.05, 0.1) is 18.3 Å². The summed E-state index contributed by atoms with van der Waals surface area (Å²) in [6, 6.07) is 22.4. The van der Waals surface area contributed by atoms with Crippen LogP contribution in [0.15, 0.2) is 89.7 Å². The van der Waals surface area contributed by atoms with Crippen LogP contribution in [-0.4, -0.2) is 59.1 Å². The highest BCUT2D eigenvalue weighted by molar-refractivity contribution is 6.01. The molecule has 0 saturated heterocycles. The summed E-state index contributed by atoms with van der Waals surface area (Å²) in [5, 5.41) is 17.6. The standard InChI is InChI=1S/C34H40N4O4/c1-4-15-38(3)34(41)29-20-27(19-28(21-29)33-36-14-16-42-33)32(40)37-30(18-25-10-7-6-8-11-25)31(39)23-35-22-26-13-9-12-24(5-2)17-26/h6-14,16-17,19-21,30-31,35,39H,4-5,15,18,22-23H2,1-3H3,(H,37,40)/t30-,31?/m0/s1. The van der Waals surface area contributed by atoms with Crippen LogP contribution in [0.1, 0.15) is 57.7 Å². The lowest BCUT2D eigenvalue weighted by Gasteiger charge is -2.25. The summed E-state index contributed by atoms with van der Waals surface area (Å²) in [4.78, 5) is 32.7. The van der Waals surface area contributed by atoms with Gasteiger partial charge in [-0.15, -0.1) is 0 Å². The third-order valence-corrected chi connectivity index (χ3v) is 7.19. The summed E-state index contributed by atoms with van der Waals surface area (Å²) in [7, 11) is 1.74. The van der Waals surface area contributed by atoms with Crippen LogP contribution in [0.5, 0.6) is 0 Å². The first-order valence-electron chi connectivity index (χ1n) is 14.5. The highest BCUT2D eigenvalue weighted by atomic mass is 16.3. The first-order valence-corrected chi connectivity index (χ1v) is 14.5. The highest BCUT2D eigenvalue weighted by Gasteiger charge is 2.24. The molecule has 3 aromatic carbocycles. The Labute approximate surface area is 247 Å². The third-order valence-electron chi connectivity index (χ3n) is 7.19. The number of carbonyl (C=O) groups is 2. The highest BCUT2D eigenvalue weighted by Crippen LogP contribution is 2.22. The Morgan fingerprint density at radius 1 is 0.952 bits per heavy atom. The first kappa shape index (κ1) is 30.7. The molecule has 4 rings (SSSR count). The second-order valence-electron chi connectivity index (χ2n) is 10.5. The number of aromatic nitrogens is 1. The van der Waals surface area contributed by atoms with Crippen molar-refractivity contribution in [2.45, 2.75) is 51.8 Å². The lowest BCUT2D eigenvalue weighted by molar-refractivity contribution is 0.0795. The number of aliphatic hydroxyl groups is 1. The summed E-state index contributed by atoms with van der Waals surface area (Å²) in [5.74, 6) is -0.281. The summed E-state index contributed by atoms with van der Waals surface area (Å²) in [6.07, 6.45) is 4.31. The van der Waals surface area contributed by atoms with Crippen molar-refractivity contribution in [3.05, 3.63) is 113 Å². The quantitative estimate of drug-likeness (QED) is 0.200. The van der Waals surface area contributed by atoms with Crippen LogP contribution < -0.4 is 10.6 Å². The maximum atomic E-state index is 13.7. The topological polar surface area (TPSA) is 108 Å². The molecule has 2 amide bonds. The van der Waals surface area contributed by atoms with Gasteiger partial charge in [-0.1, -0.05) is 68.4 Å². The summed E-state index contributed by atoms with van der Waals surface area (Å²) in [5.41, 5.74) is 4.56. The van der Waals surface area contributed by atoms with Gasteiger partial charge in [0.1, 0.15) is 6.26 Å². The summed E-state index contributed by atoms with van der Waals surface area (Å²) < 4.78 is 5.47. The van der Waals surface area contributed by atoms with E-state index in [-0.39, 0.29) is 18.0 Å². The Morgan fingerprint density at radius 2 is 1.69 bits per heavy atom. The molecular weight excluding hydrogens is 528 g/mol. The normalized spacial score (nSPS) is 12.5. The molecule has 1 aromatic heterocycles. The molecule has 8 nitrogen and oxygen atoms in total. The number of oxazole rings is 1. The van der Waals surface area contributed by atoms with Gasteiger partial charge in [-0.05, 0) is 54.2 Å². The van der Waals surface area contributed by atoms with E-state index in [2.05, 4.69) is 40.7 Å². The smallest absolute Gasteiger partial charge is 0.253 e. The largest absolute Gasteiger partial charge is 0.445 e. The Kier molecular flexibility index (Phi) is 11.0. The van der Waals surface area contributed by atoms with Crippen molar-refractivity contribution < 1.29 is 19.1 Å². The molecule has 2 atom stereocenters. The number of nitrogens with one attached hydrogen (secondary N) is 2. The predicted molar refractivity (Wildman–Crippen MR) is 164 cm³/mol. The van der Waals surface area contributed by atoms with Crippen LogP contribution in [0.3, 0.4) is 0 Å². The second-order valence-corrected chi connectivity index (χ2v) is 10.5. The van der Waals surface area contributed by atoms with Gasteiger partial charge in [-0.3, -0.25) is 9.59 Å². The van der Waals surface area contributed by atoms with Crippen molar-refractivity contribution in [3.63, 3.8) is 0 Å². The number of rotatable bonds is 14. The van der Waals surface area contributed by atoms with Gasteiger partial charge in [-0.25, -0.2) is 4.98 Å². The molecule has 1 unspecified atom stereocenters. The second kappa shape index (κ2) is 15.1. The molecule has 0 spiro atoms. The Hall–Kier alpha value is -4.27. The van der Waals surface area contributed by atoms with Gasteiger partial charge >= 0.3 is 0 Å². The van der Waals surface area contributed by atoms with Crippen molar-refractivity contribution in [1.29, 1.82) is 0 Å². The number of carbonyl (C=O) groups excluding carboxylic acids is 2. The maximum Gasteiger partial charge on any atom is 0.253 e. The maximum absolute atomic E-state index is 13.7. The van der Waals surface area contributed by atoms with Crippen LogP contribution in [0.25, 0.3) is 11.5 Å². The van der Waals surface area contributed by atoms with Crippen molar-refractivity contribution in [2.24, 2.45) is 0 Å². The van der Waals surface area contributed by atoms with E-state index in [4.69, 9.17) is 4.42 Å². The summed E-state index contributed by atoms with van der Waals surface area (Å²) >= 11 is 0. The predicted octanol–water partition coefficient (Wildman–Crippen LogP) is 4.88. The van der Waals surface area contributed by atoms with Crippen LogP contribution in [0.4, 0.5) is 0 Å². The zero-order valence-corrected chi connectivity index (χ0v) is 24.5. The SMILES string of the molecule is CCCN(C)C(=O)c1cc(C(=O)N[C@@H](Cc2ccccc2)C(O)CNCc2cccc(CC)c2)cc(-c2ncco2)c1. The third kappa shape index (κ3) is 8.38. The van der Waals surface area contributed by atoms with Gasteiger partial charge in [0.15, 0.2) is 0 Å². The van der Waals surface area contributed by atoms with Gasteiger partial charge in [-0.2, -0.15) is 0 Å². The fraction of sp³-hybridized carbons (Fsp3) is 0.324. The van der Waals surface area contributed by atoms with E-state index in [0.29, 0.717) is 36.5 Å². The van der Waals surface area contributed by atoms with Crippen molar-refractivity contribution in [1.82, 2.24) is 20.5 Å². The van der Waals surface area contributed by atoms with Crippen molar-refractivity contribution in [3.8, 4) is 11.5 Å². The molecule has 1 heterocycles. The number of aliphatic hydroxyl groups excluding tert-OH is 1. The zero-order chi connectivity index (χ0) is 29.9. The van der Waals surface area contributed by atoms with Crippen LogP contribution in [-0.2, 0) is 19.4 Å². The molecule has 42 heavy (non-hydrogen) atoms. The van der Waals surface area contributed by atoms with Crippen LogP contribution >= 0.6 is 0 Å². The Bertz CT molecular complexity index is 1440. The van der Waals surface area contributed by atoms with E-state index in [9.17, 15) is 14.7 Å². The van der Waals surface area contributed by atoms with E-state index < -0.39 is 18.1 Å². The van der Waals surface area contributed by atoms with E-state index in [1.54, 1.807) is 30.1 Å². The van der Waals surface area contributed by atoms with Gasteiger partial charge in [0.2, 0.25) is 5.89 Å². The molecule has 0 aliphatic heterocycles. The van der Waals surface area contributed by atoms with E-state index >= 15 is 0 Å². The molecule has 0 fully saturated rings. The average Bonchev–Trinajstić information content (AvgIpc) is 3.56. The van der Waals surface area contributed by atoms with E-state index in [1.165, 1.54) is 18.0 Å². The van der Waals surface area contributed by atoms with E-state index in [0.717, 1.165) is 24.0 Å². The molecule has 3 N–H and O–H groups in total. The molecule has 0 aliphatic carbocycles. The first-order chi connectivity index (χ1) is 20.4. The molecule has 8 heteroatoms. The number of hydrogen-bond donors (Lipinski definition) is 3. The molecule has 0 radical (unpaired) electrons. The van der Waals surface area contributed by atoms with Gasteiger partial charge in [0.25, 0.3) is 11.8 Å². The number of nitrogens with zero attached hydrogens (tertiary/aromatic N) is 2. The number of aryl methyl sites for hydroxylation is 1. The number of hydrogen-bond acceptors (Lipinski definition) is 6. The monoisotopic (exact) mass is 568 g/mol. The molecule has 220 valence electrons. The minimum atomic E-state index is -0.866. The van der Waals surface area contributed by atoms with Gasteiger partial charge < -0.3 is 25.1 Å². The molecule has 0 bridgehead atoms. The zero-order valence-electron chi connectivity index (χ0n) is 24.5. The van der Waals surface area contributed by atoms with Crippen molar-refractivity contribution in [2.75, 3.05) is 20.1 Å². The fourth-order valence-electron chi connectivity index (χ4n) is 4.90. The lowest BCUT2D eigenvalue weighted by Crippen LogP contribution is -2.48. The minimum Gasteiger partial charge on any atom is -0.445 e. The lowest BCUT2D eigenvalue weighted by atomic mass is 9.99. The number of benzene rings is 3. The minimum absolute atomic E-state index is 0.198. The molecule has 0 aliphatic rings. The average molecular weight is 569 g/mol. The Balaban J connectivity index is 1.55. The van der Waals surface area contributed by atoms with Crippen LogP contribution in [0.2, 0.25) is 0 Å².